The maximum atomic E-state index is 12.3. The predicted octanol–water partition coefficient (Wildman–Crippen LogP) is 1.11. The first-order valence-electron chi connectivity index (χ1n) is 4.05. The average molecular weight is 161 g/mol. The molecule has 1 heterocycles. The van der Waals surface area contributed by atoms with E-state index in [1.54, 1.807) is 0 Å². The van der Waals surface area contributed by atoms with Crippen molar-refractivity contribution < 1.29 is 9.13 Å². The fraction of sp³-hybridized carbons (Fsp3) is 1.00. The standard InChI is InChI=1S/C8H16FNO/c1-8(2,6-9)10-7-3-4-11-5-7/h7,10H,3-6H2,1-2H3. The number of ether oxygens (including phenoxy) is 1. The third kappa shape index (κ3) is 2.75. The van der Waals surface area contributed by atoms with Crippen LogP contribution in [0.15, 0.2) is 0 Å². The van der Waals surface area contributed by atoms with Crippen molar-refractivity contribution in [1.82, 2.24) is 5.32 Å². The van der Waals surface area contributed by atoms with Gasteiger partial charge in [0.05, 0.1) is 6.61 Å². The van der Waals surface area contributed by atoms with Crippen LogP contribution in [0.2, 0.25) is 0 Å². The molecule has 1 unspecified atom stereocenters. The summed E-state index contributed by atoms with van der Waals surface area (Å²) in [7, 11) is 0. The van der Waals surface area contributed by atoms with Crippen LogP contribution in [0.3, 0.4) is 0 Å². The molecule has 1 aliphatic heterocycles. The van der Waals surface area contributed by atoms with E-state index in [0.717, 1.165) is 19.6 Å². The normalized spacial score (nSPS) is 25.9. The van der Waals surface area contributed by atoms with Crippen LogP contribution in [0.4, 0.5) is 4.39 Å². The highest BCUT2D eigenvalue weighted by Gasteiger charge is 2.24. The second-order valence-electron chi connectivity index (χ2n) is 3.72. The zero-order chi connectivity index (χ0) is 8.32. The van der Waals surface area contributed by atoms with Gasteiger partial charge in [-0.3, -0.25) is 0 Å². The first-order valence-corrected chi connectivity index (χ1v) is 4.05. The molecule has 1 aliphatic rings. The predicted molar refractivity (Wildman–Crippen MR) is 42.4 cm³/mol. The molecular weight excluding hydrogens is 145 g/mol. The van der Waals surface area contributed by atoms with Gasteiger partial charge in [0.1, 0.15) is 6.67 Å². The highest BCUT2D eigenvalue weighted by Crippen LogP contribution is 2.10. The Labute approximate surface area is 67.1 Å². The van der Waals surface area contributed by atoms with Gasteiger partial charge in [0.15, 0.2) is 0 Å². The van der Waals surface area contributed by atoms with Gasteiger partial charge < -0.3 is 10.1 Å². The number of rotatable bonds is 3. The van der Waals surface area contributed by atoms with Crippen molar-refractivity contribution in [3.8, 4) is 0 Å². The Morgan fingerprint density at radius 3 is 2.82 bits per heavy atom. The Kier molecular flexibility index (Phi) is 2.84. The highest BCUT2D eigenvalue weighted by atomic mass is 19.1. The Bertz CT molecular complexity index is 121. The average Bonchev–Trinajstić information content (AvgIpc) is 2.39. The van der Waals surface area contributed by atoms with E-state index in [1.807, 2.05) is 13.8 Å². The van der Waals surface area contributed by atoms with Crippen LogP contribution in [0.5, 0.6) is 0 Å². The molecule has 1 saturated heterocycles. The molecule has 0 bridgehead atoms. The van der Waals surface area contributed by atoms with Crippen molar-refractivity contribution in [2.75, 3.05) is 19.9 Å². The molecule has 0 aliphatic carbocycles. The molecule has 0 amide bonds. The molecule has 0 saturated carbocycles. The lowest BCUT2D eigenvalue weighted by Gasteiger charge is -2.26. The number of halogens is 1. The topological polar surface area (TPSA) is 21.3 Å². The summed E-state index contributed by atoms with van der Waals surface area (Å²) in [4.78, 5) is 0. The van der Waals surface area contributed by atoms with Crippen LogP contribution in [-0.4, -0.2) is 31.5 Å². The van der Waals surface area contributed by atoms with Crippen LogP contribution in [0, 0.1) is 0 Å². The number of hydrogen-bond acceptors (Lipinski definition) is 2. The van der Waals surface area contributed by atoms with E-state index in [1.165, 1.54) is 0 Å². The van der Waals surface area contributed by atoms with Gasteiger partial charge in [-0.05, 0) is 20.3 Å². The Morgan fingerprint density at radius 1 is 1.64 bits per heavy atom. The fourth-order valence-corrected chi connectivity index (χ4v) is 1.24. The quantitative estimate of drug-likeness (QED) is 0.669. The van der Waals surface area contributed by atoms with Crippen LogP contribution < -0.4 is 5.32 Å². The van der Waals surface area contributed by atoms with Crippen molar-refractivity contribution in [2.24, 2.45) is 0 Å². The second kappa shape index (κ2) is 3.50. The van der Waals surface area contributed by atoms with Gasteiger partial charge in [0, 0.05) is 18.2 Å². The number of alkyl halides is 1. The third-order valence-electron chi connectivity index (χ3n) is 1.86. The van der Waals surface area contributed by atoms with E-state index in [-0.39, 0.29) is 6.67 Å². The van der Waals surface area contributed by atoms with Crippen LogP contribution in [-0.2, 0) is 4.74 Å². The van der Waals surface area contributed by atoms with Crippen molar-refractivity contribution in [2.45, 2.75) is 31.8 Å². The molecule has 0 aromatic carbocycles. The molecule has 1 rings (SSSR count). The van der Waals surface area contributed by atoms with Crippen molar-refractivity contribution in [1.29, 1.82) is 0 Å². The Morgan fingerprint density at radius 2 is 2.36 bits per heavy atom. The maximum Gasteiger partial charge on any atom is 0.107 e. The minimum absolute atomic E-state index is 0.330. The molecule has 1 fully saturated rings. The molecule has 66 valence electrons. The van der Waals surface area contributed by atoms with Crippen LogP contribution >= 0.6 is 0 Å². The van der Waals surface area contributed by atoms with Gasteiger partial charge in [-0.25, -0.2) is 4.39 Å². The van der Waals surface area contributed by atoms with E-state index in [0.29, 0.717) is 6.04 Å². The zero-order valence-corrected chi connectivity index (χ0v) is 7.19. The van der Waals surface area contributed by atoms with Gasteiger partial charge >= 0.3 is 0 Å². The molecule has 1 atom stereocenters. The minimum Gasteiger partial charge on any atom is -0.380 e. The minimum atomic E-state index is -0.391. The Balaban J connectivity index is 2.28. The van der Waals surface area contributed by atoms with Crippen molar-refractivity contribution in [3.63, 3.8) is 0 Å². The lowest BCUT2D eigenvalue weighted by molar-refractivity contribution is 0.178. The molecule has 2 nitrogen and oxygen atoms in total. The summed E-state index contributed by atoms with van der Waals surface area (Å²) < 4.78 is 17.5. The summed E-state index contributed by atoms with van der Waals surface area (Å²) in [5.41, 5.74) is -0.391. The lowest BCUT2D eigenvalue weighted by atomic mass is 10.1. The number of hydrogen-bond donors (Lipinski definition) is 1. The number of nitrogens with one attached hydrogen (secondary N) is 1. The molecule has 0 spiro atoms. The van der Waals surface area contributed by atoms with E-state index >= 15 is 0 Å². The summed E-state index contributed by atoms with van der Waals surface area (Å²) in [6.07, 6.45) is 1.00. The van der Waals surface area contributed by atoms with Gasteiger partial charge in [-0.1, -0.05) is 0 Å². The molecule has 1 N–H and O–H groups in total. The highest BCUT2D eigenvalue weighted by molar-refractivity contribution is 4.83. The zero-order valence-electron chi connectivity index (χ0n) is 7.19. The summed E-state index contributed by atoms with van der Waals surface area (Å²) in [6.45, 7) is 4.93. The molecule has 3 heteroatoms. The summed E-state index contributed by atoms with van der Waals surface area (Å²) in [5, 5.41) is 3.20. The van der Waals surface area contributed by atoms with E-state index < -0.39 is 5.54 Å². The SMILES string of the molecule is CC(C)(CF)NC1CCOC1. The smallest absolute Gasteiger partial charge is 0.107 e. The molecule has 0 aromatic rings. The summed E-state index contributed by atoms with van der Waals surface area (Å²) in [6, 6.07) is 0.348. The van der Waals surface area contributed by atoms with E-state index in [4.69, 9.17) is 4.74 Å². The van der Waals surface area contributed by atoms with Gasteiger partial charge in [0.2, 0.25) is 0 Å². The van der Waals surface area contributed by atoms with Crippen LogP contribution in [0.1, 0.15) is 20.3 Å². The van der Waals surface area contributed by atoms with Crippen molar-refractivity contribution in [3.05, 3.63) is 0 Å². The van der Waals surface area contributed by atoms with E-state index in [2.05, 4.69) is 5.32 Å². The second-order valence-corrected chi connectivity index (χ2v) is 3.72. The third-order valence-corrected chi connectivity index (χ3v) is 1.86. The monoisotopic (exact) mass is 161 g/mol. The molecule has 0 aromatic heterocycles. The first-order chi connectivity index (χ1) is 5.14. The molecule has 0 radical (unpaired) electrons. The summed E-state index contributed by atoms with van der Waals surface area (Å²) >= 11 is 0. The largest absolute Gasteiger partial charge is 0.380 e. The maximum absolute atomic E-state index is 12.3. The van der Waals surface area contributed by atoms with Crippen molar-refractivity contribution >= 4 is 0 Å². The first kappa shape index (κ1) is 8.94. The van der Waals surface area contributed by atoms with Gasteiger partial charge in [0.25, 0.3) is 0 Å². The fourth-order valence-electron chi connectivity index (χ4n) is 1.24. The molecular formula is C8H16FNO. The summed E-state index contributed by atoms with van der Waals surface area (Å²) in [5.74, 6) is 0. The van der Waals surface area contributed by atoms with Gasteiger partial charge in [-0.15, -0.1) is 0 Å². The van der Waals surface area contributed by atoms with Gasteiger partial charge in [-0.2, -0.15) is 0 Å². The van der Waals surface area contributed by atoms with E-state index in [9.17, 15) is 4.39 Å². The Hall–Kier alpha value is -0.150. The molecule has 11 heavy (non-hydrogen) atoms. The lowest BCUT2D eigenvalue weighted by Crippen LogP contribution is -2.47. The van der Waals surface area contributed by atoms with Crippen LogP contribution in [0.25, 0.3) is 0 Å².